The molecule has 3 rings (SSSR count). The molecule has 3 heterocycles. The van der Waals surface area contributed by atoms with Crippen molar-refractivity contribution >= 4 is 16.9 Å². The second-order valence-corrected chi connectivity index (χ2v) is 5.62. The minimum atomic E-state index is -1.13. The minimum absolute atomic E-state index is 0.0273. The van der Waals surface area contributed by atoms with Gasteiger partial charge in [0.05, 0.1) is 6.54 Å². The van der Waals surface area contributed by atoms with Crippen molar-refractivity contribution in [2.75, 3.05) is 20.8 Å². The molecule has 0 radical (unpaired) electrons. The van der Waals surface area contributed by atoms with Crippen LogP contribution >= 0.6 is 0 Å². The van der Waals surface area contributed by atoms with Crippen LogP contribution in [0.15, 0.2) is 41.3 Å². The van der Waals surface area contributed by atoms with Crippen molar-refractivity contribution in [3.8, 4) is 0 Å². The number of carbonyl (C=O) groups excluding carboxylic acids is 1. The fourth-order valence-corrected chi connectivity index (χ4v) is 2.67. The van der Waals surface area contributed by atoms with E-state index in [2.05, 4.69) is 10.3 Å². The number of hydrogen-bond acceptors (Lipinski definition) is 6. The van der Waals surface area contributed by atoms with Gasteiger partial charge in [-0.25, -0.2) is 4.98 Å². The third kappa shape index (κ3) is 3.19. The number of fused-ring (bicyclic) bond motifs is 1. The molecule has 2 aromatic rings. The molecular weight excluding hydrogens is 326 g/mol. The lowest BCUT2D eigenvalue weighted by Gasteiger charge is -2.27. The number of nitrogens with one attached hydrogen (secondary N) is 1. The summed E-state index contributed by atoms with van der Waals surface area (Å²) in [6.45, 7) is 0.0346. The molecule has 1 N–H and O–H groups in total. The second-order valence-electron chi connectivity index (χ2n) is 5.62. The number of carbonyl (C=O) groups is 1. The zero-order chi connectivity index (χ0) is 18.0. The van der Waals surface area contributed by atoms with Crippen LogP contribution in [0.3, 0.4) is 0 Å². The van der Waals surface area contributed by atoms with E-state index in [9.17, 15) is 9.59 Å². The lowest BCUT2D eigenvalue weighted by atomic mass is 10.2. The average molecular weight is 345 g/mol. The van der Waals surface area contributed by atoms with Crippen LogP contribution < -0.4 is 10.9 Å². The SMILES string of the molecule is CO[C@@H]1C=C[C@@](CNC(=O)c2cc3cccnc3n(C)c2=O)(OC)O1. The standard InChI is InChI=1S/C17H19N3O5/c1-20-14-11(5-4-8-18-14)9-12(16(20)22)15(21)19-10-17(24-3)7-6-13(23-2)25-17/h4-9,13H,10H2,1-3H3,(H,19,21)/t13-,17+/m0/s1. The Kier molecular flexibility index (Phi) is 4.67. The van der Waals surface area contributed by atoms with E-state index in [0.717, 1.165) is 0 Å². The van der Waals surface area contributed by atoms with Crippen molar-refractivity contribution < 1.29 is 19.0 Å². The number of nitrogens with zero attached hydrogens (tertiary/aromatic N) is 2. The van der Waals surface area contributed by atoms with Crippen LogP contribution in [0.4, 0.5) is 0 Å². The first-order chi connectivity index (χ1) is 12.0. The van der Waals surface area contributed by atoms with Gasteiger partial charge in [-0.2, -0.15) is 0 Å². The molecule has 2 aromatic heterocycles. The molecule has 1 aliphatic rings. The molecular formula is C17H19N3O5. The van der Waals surface area contributed by atoms with Gasteiger partial charge in [0.15, 0.2) is 6.29 Å². The molecule has 1 aliphatic heterocycles. The van der Waals surface area contributed by atoms with E-state index in [-0.39, 0.29) is 12.1 Å². The third-order valence-electron chi connectivity index (χ3n) is 4.11. The summed E-state index contributed by atoms with van der Waals surface area (Å²) in [7, 11) is 4.55. The van der Waals surface area contributed by atoms with E-state index in [4.69, 9.17) is 14.2 Å². The largest absolute Gasteiger partial charge is 0.352 e. The highest BCUT2D eigenvalue weighted by molar-refractivity contribution is 5.96. The first kappa shape index (κ1) is 17.3. The van der Waals surface area contributed by atoms with Crippen molar-refractivity contribution in [2.24, 2.45) is 7.05 Å². The monoisotopic (exact) mass is 345 g/mol. The average Bonchev–Trinajstić information content (AvgIpc) is 3.07. The van der Waals surface area contributed by atoms with Gasteiger partial charge in [-0.15, -0.1) is 0 Å². The molecule has 0 aromatic carbocycles. The Balaban J connectivity index is 1.82. The summed E-state index contributed by atoms with van der Waals surface area (Å²) in [5.41, 5.74) is 0.120. The summed E-state index contributed by atoms with van der Waals surface area (Å²) < 4.78 is 17.4. The molecule has 8 nitrogen and oxygen atoms in total. The maximum absolute atomic E-state index is 12.5. The topological polar surface area (TPSA) is 91.7 Å². The lowest BCUT2D eigenvalue weighted by molar-refractivity contribution is -0.238. The van der Waals surface area contributed by atoms with Gasteiger partial charge in [-0.3, -0.25) is 14.2 Å². The Morgan fingerprint density at radius 2 is 2.28 bits per heavy atom. The van der Waals surface area contributed by atoms with E-state index in [1.165, 1.54) is 24.9 Å². The predicted octanol–water partition coefficient (Wildman–Crippen LogP) is 0.565. The first-order valence-corrected chi connectivity index (χ1v) is 7.68. The van der Waals surface area contributed by atoms with Crippen LogP contribution in [0, 0.1) is 0 Å². The zero-order valence-corrected chi connectivity index (χ0v) is 14.2. The maximum Gasteiger partial charge on any atom is 0.264 e. The molecule has 0 unspecified atom stereocenters. The fourth-order valence-electron chi connectivity index (χ4n) is 2.67. The molecule has 0 saturated carbocycles. The quantitative estimate of drug-likeness (QED) is 0.797. The highest BCUT2D eigenvalue weighted by Crippen LogP contribution is 2.24. The summed E-state index contributed by atoms with van der Waals surface area (Å²) >= 11 is 0. The number of aryl methyl sites for hydroxylation is 1. The molecule has 1 amide bonds. The zero-order valence-electron chi connectivity index (χ0n) is 14.2. The second kappa shape index (κ2) is 6.75. The summed E-state index contributed by atoms with van der Waals surface area (Å²) in [6.07, 6.45) is 4.41. The number of aromatic nitrogens is 2. The van der Waals surface area contributed by atoms with Crippen molar-refractivity contribution in [1.29, 1.82) is 0 Å². The van der Waals surface area contributed by atoms with Gasteiger partial charge in [0.25, 0.3) is 11.5 Å². The molecule has 0 fully saturated rings. The summed E-state index contributed by atoms with van der Waals surface area (Å²) in [4.78, 5) is 29.1. The van der Waals surface area contributed by atoms with E-state index in [1.54, 1.807) is 37.5 Å². The Labute approximate surface area is 144 Å². The maximum atomic E-state index is 12.5. The van der Waals surface area contributed by atoms with Crippen LogP contribution in [0.5, 0.6) is 0 Å². The van der Waals surface area contributed by atoms with E-state index in [0.29, 0.717) is 11.0 Å². The van der Waals surface area contributed by atoms with Gasteiger partial charge in [0.1, 0.15) is 11.2 Å². The Morgan fingerprint density at radius 1 is 1.48 bits per heavy atom. The lowest BCUT2D eigenvalue weighted by Crippen LogP contribution is -2.45. The molecule has 25 heavy (non-hydrogen) atoms. The number of rotatable bonds is 5. The number of amides is 1. The summed E-state index contributed by atoms with van der Waals surface area (Å²) in [5, 5.41) is 3.38. The fraction of sp³-hybridized carbons (Fsp3) is 0.353. The van der Waals surface area contributed by atoms with Crippen LogP contribution in [0.2, 0.25) is 0 Å². The highest BCUT2D eigenvalue weighted by atomic mass is 16.8. The Bertz CT molecular complexity index is 891. The molecule has 0 aliphatic carbocycles. The Morgan fingerprint density at radius 3 is 2.96 bits per heavy atom. The molecule has 8 heteroatoms. The first-order valence-electron chi connectivity index (χ1n) is 7.68. The van der Waals surface area contributed by atoms with Gasteiger partial charge in [0.2, 0.25) is 5.79 Å². The smallest absolute Gasteiger partial charge is 0.264 e. The number of hydrogen-bond donors (Lipinski definition) is 1. The molecule has 132 valence electrons. The summed E-state index contributed by atoms with van der Waals surface area (Å²) in [6, 6.07) is 5.07. The van der Waals surface area contributed by atoms with E-state index < -0.39 is 23.5 Å². The number of ether oxygens (including phenoxy) is 3. The normalized spacial score (nSPS) is 22.4. The van der Waals surface area contributed by atoms with Crippen molar-refractivity contribution in [1.82, 2.24) is 14.9 Å². The van der Waals surface area contributed by atoms with Gasteiger partial charge in [-0.05, 0) is 30.4 Å². The van der Waals surface area contributed by atoms with Gasteiger partial charge in [0, 0.05) is 32.9 Å². The Hall–Kier alpha value is -2.55. The third-order valence-corrected chi connectivity index (χ3v) is 4.11. The van der Waals surface area contributed by atoms with Crippen LogP contribution in [-0.2, 0) is 21.3 Å². The van der Waals surface area contributed by atoms with Crippen molar-refractivity contribution in [3.63, 3.8) is 0 Å². The van der Waals surface area contributed by atoms with Gasteiger partial charge in [-0.1, -0.05) is 0 Å². The van der Waals surface area contributed by atoms with Crippen LogP contribution in [0.1, 0.15) is 10.4 Å². The molecule has 0 bridgehead atoms. The van der Waals surface area contributed by atoms with Gasteiger partial charge < -0.3 is 19.5 Å². The molecule has 2 atom stereocenters. The van der Waals surface area contributed by atoms with E-state index in [1.807, 2.05) is 0 Å². The van der Waals surface area contributed by atoms with Crippen LogP contribution in [0.25, 0.3) is 11.0 Å². The van der Waals surface area contributed by atoms with Crippen molar-refractivity contribution in [3.05, 3.63) is 52.5 Å². The molecule has 0 saturated heterocycles. The summed E-state index contributed by atoms with van der Waals surface area (Å²) in [5.74, 6) is -1.64. The predicted molar refractivity (Wildman–Crippen MR) is 90.1 cm³/mol. The molecule has 0 spiro atoms. The van der Waals surface area contributed by atoms with E-state index >= 15 is 0 Å². The minimum Gasteiger partial charge on any atom is -0.352 e. The van der Waals surface area contributed by atoms with Crippen molar-refractivity contribution in [2.45, 2.75) is 12.1 Å². The number of pyridine rings is 2. The highest BCUT2D eigenvalue weighted by Gasteiger charge is 2.36. The van der Waals surface area contributed by atoms with Gasteiger partial charge >= 0.3 is 0 Å². The van der Waals surface area contributed by atoms with Crippen LogP contribution in [-0.4, -0.2) is 48.3 Å². The number of methoxy groups -OCH3 is 2.